The summed E-state index contributed by atoms with van der Waals surface area (Å²) in [6, 6.07) is 9.86. The van der Waals surface area contributed by atoms with Crippen LogP contribution in [-0.2, 0) is 11.0 Å². The third-order valence-corrected chi connectivity index (χ3v) is 4.48. The number of carbonyl (C=O) groups excluding carboxylic acids is 1. The van der Waals surface area contributed by atoms with Crippen molar-refractivity contribution in [2.24, 2.45) is 0 Å². The van der Waals surface area contributed by atoms with Gasteiger partial charge in [0.25, 0.3) is 5.91 Å². The second-order valence-electron chi connectivity index (χ2n) is 6.21. The lowest BCUT2D eigenvalue weighted by Crippen LogP contribution is -2.24. The van der Waals surface area contributed by atoms with E-state index in [0.29, 0.717) is 16.5 Å². The van der Waals surface area contributed by atoms with Crippen LogP contribution in [0.5, 0.6) is 5.75 Å². The summed E-state index contributed by atoms with van der Waals surface area (Å²) in [5, 5.41) is 3.08. The van der Waals surface area contributed by atoms with Gasteiger partial charge in [0.2, 0.25) is 0 Å². The molecule has 1 aliphatic rings. The number of carbonyl (C=O) groups is 1. The molecule has 1 heterocycles. The highest BCUT2D eigenvalue weighted by Gasteiger charge is 2.32. The number of anilines is 2. The first kappa shape index (κ1) is 19.4. The maximum atomic E-state index is 13.1. The number of hydrogen-bond donors (Lipinski definition) is 1. The lowest BCUT2D eigenvalue weighted by atomic mass is 10.1. The van der Waals surface area contributed by atoms with Crippen LogP contribution >= 0.6 is 11.6 Å². The van der Waals surface area contributed by atoms with E-state index in [-0.39, 0.29) is 12.3 Å². The molecule has 27 heavy (non-hydrogen) atoms. The molecular weight excluding hydrogens is 381 g/mol. The Hall–Kier alpha value is -2.41. The Kier molecular flexibility index (Phi) is 5.79. The molecule has 144 valence electrons. The Morgan fingerprint density at radius 3 is 2.41 bits per heavy atom. The average Bonchev–Trinajstić information content (AvgIpc) is 3.15. The van der Waals surface area contributed by atoms with E-state index in [0.717, 1.165) is 38.1 Å². The van der Waals surface area contributed by atoms with E-state index in [4.69, 9.17) is 16.3 Å². The lowest BCUT2D eigenvalue weighted by Gasteiger charge is -2.23. The summed E-state index contributed by atoms with van der Waals surface area (Å²) in [5.41, 5.74) is -0.0869. The van der Waals surface area contributed by atoms with Gasteiger partial charge in [-0.05, 0) is 55.3 Å². The largest absolute Gasteiger partial charge is 0.484 e. The minimum atomic E-state index is -4.48. The number of halogens is 4. The SMILES string of the molecule is O=C(COc1ccc(Cl)cc1)Nc1cc(C(F)(F)F)ccc1N1CCCC1. The lowest BCUT2D eigenvalue weighted by molar-refractivity contribution is -0.137. The molecule has 1 fully saturated rings. The van der Waals surface area contributed by atoms with Crippen molar-refractivity contribution in [3.05, 3.63) is 53.1 Å². The molecule has 0 radical (unpaired) electrons. The predicted octanol–water partition coefficient (Wildman–Crippen LogP) is 4.98. The van der Waals surface area contributed by atoms with Crippen molar-refractivity contribution in [2.45, 2.75) is 19.0 Å². The van der Waals surface area contributed by atoms with E-state index in [1.165, 1.54) is 6.07 Å². The average molecular weight is 399 g/mol. The molecule has 0 saturated carbocycles. The Labute approximate surface area is 159 Å². The van der Waals surface area contributed by atoms with Gasteiger partial charge in [-0.3, -0.25) is 4.79 Å². The second kappa shape index (κ2) is 8.08. The van der Waals surface area contributed by atoms with Crippen LogP contribution in [0.1, 0.15) is 18.4 Å². The smallest absolute Gasteiger partial charge is 0.416 e. The van der Waals surface area contributed by atoms with Crippen LogP contribution in [-0.4, -0.2) is 25.6 Å². The van der Waals surface area contributed by atoms with Crippen LogP contribution in [0.25, 0.3) is 0 Å². The molecule has 1 N–H and O–H groups in total. The van der Waals surface area contributed by atoms with Crippen LogP contribution in [0.15, 0.2) is 42.5 Å². The molecule has 8 heteroatoms. The second-order valence-corrected chi connectivity index (χ2v) is 6.65. The maximum Gasteiger partial charge on any atom is 0.416 e. The third-order valence-electron chi connectivity index (χ3n) is 4.23. The van der Waals surface area contributed by atoms with Crippen LogP contribution in [0.4, 0.5) is 24.5 Å². The Bertz CT molecular complexity index is 804. The fraction of sp³-hybridized carbons (Fsp3) is 0.316. The van der Waals surface area contributed by atoms with Crippen molar-refractivity contribution in [3.8, 4) is 5.75 Å². The van der Waals surface area contributed by atoms with Crippen molar-refractivity contribution in [3.63, 3.8) is 0 Å². The Morgan fingerprint density at radius 1 is 1.11 bits per heavy atom. The van der Waals surface area contributed by atoms with E-state index in [9.17, 15) is 18.0 Å². The highest BCUT2D eigenvalue weighted by Crippen LogP contribution is 2.36. The highest BCUT2D eigenvalue weighted by molar-refractivity contribution is 6.30. The fourth-order valence-electron chi connectivity index (χ4n) is 2.91. The Balaban J connectivity index is 1.74. The molecule has 0 atom stereocenters. The predicted molar refractivity (Wildman–Crippen MR) is 98.5 cm³/mol. The van der Waals surface area contributed by atoms with Crippen molar-refractivity contribution in [1.29, 1.82) is 0 Å². The number of nitrogens with zero attached hydrogens (tertiary/aromatic N) is 1. The van der Waals surface area contributed by atoms with Crippen molar-refractivity contribution >= 4 is 28.9 Å². The van der Waals surface area contributed by atoms with Gasteiger partial charge in [0.05, 0.1) is 16.9 Å². The minimum Gasteiger partial charge on any atom is -0.484 e. The van der Waals surface area contributed by atoms with Gasteiger partial charge in [0, 0.05) is 18.1 Å². The first-order valence-electron chi connectivity index (χ1n) is 8.47. The van der Waals surface area contributed by atoms with E-state index >= 15 is 0 Å². The highest BCUT2D eigenvalue weighted by atomic mass is 35.5. The standard InChI is InChI=1S/C19H18ClF3N2O2/c20-14-4-6-15(7-5-14)27-12-18(26)24-16-11-13(19(21,22)23)3-8-17(16)25-9-1-2-10-25/h3-8,11H,1-2,9-10,12H2,(H,24,26). The van der Waals surface area contributed by atoms with Crippen molar-refractivity contribution in [2.75, 3.05) is 29.9 Å². The number of ether oxygens (including phenoxy) is 1. The van der Waals surface area contributed by atoms with Crippen LogP contribution < -0.4 is 15.0 Å². The van der Waals surface area contributed by atoms with Crippen molar-refractivity contribution in [1.82, 2.24) is 0 Å². The van der Waals surface area contributed by atoms with E-state index < -0.39 is 17.6 Å². The molecule has 3 rings (SSSR count). The minimum absolute atomic E-state index is 0.136. The van der Waals surface area contributed by atoms with Crippen LogP contribution in [0, 0.1) is 0 Å². The molecule has 0 aromatic heterocycles. The molecule has 0 bridgehead atoms. The van der Waals surface area contributed by atoms with Gasteiger partial charge < -0.3 is 15.0 Å². The zero-order valence-corrected chi connectivity index (χ0v) is 15.1. The zero-order chi connectivity index (χ0) is 19.4. The molecular formula is C19H18ClF3N2O2. The van der Waals surface area contributed by atoms with Gasteiger partial charge in [-0.1, -0.05) is 11.6 Å². The summed E-state index contributed by atoms with van der Waals surface area (Å²) in [6.07, 6.45) is -2.55. The van der Waals surface area contributed by atoms with E-state index in [1.807, 2.05) is 4.90 Å². The van der Waals surface area contributed by atoms with Gasteiger partial charge in [-0.15, -0.1) is 0 Å². The molecule has 1 amide bonds. The Morgan fingerprint density at radius 2 is 1.78 bits per heavy atom. The number of hydrogen-bond acceptors (Lipinski definition) is 3. The summed E-state index contributed by atoms with van der Waals surface area (Å²) >= 11 is 5.78. The molecule has 0 aliphatic carbocycles. The first-order valence-corrected chi connectivity index (χ1v) is 8.85. The molecule has 2 aromatic rings. The van der Waals surface area contributed by atoms with Gasteiger partial charge in [-0.2, -0.15) is 13.2 Å². The molecule has 0 spiro atoms. The first-order chi connectivity index (χ1) is 12.8. The fourth-order valence-corrected chi connectivity index (χ4v) is 3.04. The summed E-state index contributed by atoms with van der Waals surface area (Å²) in [6.45, 7) is 1.17. The molecule has 1 aliphatic heterocycles. The number of rotatable bonds is 5. The van der Waals surface area contributed by atoms with Gasteiger partial charge >= 0.3 is 6.18 Å². The summed E-state index contributed by atoms with van der Waals surface area (Å²) in [4.78, 5) is 14.2. The number of alkyl halides is 3. The molecule has 4 nitrogen and oxygen atoms in total. The quantitative estimate of drug-likeness (QED) is 0.772. The third kappa shape index (κ3) is 5.07. The number of benzene rings is 2. The van der Waals surface area contributed by atoms with Gasteiger partial charge in [0.1, 0.15) is 5.75 Å². The van der Waals surface area contributed by atoms with Crippen molar-refractivity contribution < 1.29 is 22.7 Å². The van der Waals surface area contributed by atoms with Crippen LogP contribution in [0.3, 0.4) is 0 Å². The number of amides is 1. The van der Waals surface area contributed by atoms with Crippen LogP contribution in [0.2, 0.25) is 5.02 Å². The summed E-state index contributed by atoms with van der Waals surface area (Å²) in [5.74, 6) is -0.0944. The van der Waals surface area contributed by atoms with Gasteiger partial charge in [0.15, 0.2) is 6.61 Å². The van der Waals surface area contributed by atoms with E-state index in [2.05, 4.69) is 5.32 Å². The number of nitrogens with one attached hydrogen (secondary N) is 1. The summed E-state index contributed by atoms with van der Waals surface area (Å²) < 4.78 is 44.5. The molecule has 1 saturated heterocycles. The monoisotopic (exact) mass is 398 g/mol. The zero-order valence-electron chi connectivity index (χ0n) is 14.4. The normalized spacial score (nSPS) is 14.3. The molecule has 2 aromatic carbocycles. The topological polar surface area (TPSA) is 41.6 Å². The van der Waals surface area contributed by atoms with E-state index in [1.54, 1.807) is 24.3 Å². The maximum absolute atomic E-state index is 13.1. The van der Waals surface area contributed by atoms with Gasteiger partial charge in [-0.25, -0.2) is 0 Å². The molecule has 0 unspecified atom stereocenters. The summed E-state index contributed by atoms with van der Waals surface area (Å²) in [7, 11) is 0.